The number of nitrogens with one attached hydrogen (secondary N) is 2. The lowest BCUT2D eigenvalue weighted by molar-refractivity contribution is 0.106. The van der Waals surface area contributed by atoms with Crippen LogP contribution in [0.3, 0.4) is 0 Å². The number of imidazole rings is 1. The number of hydrogen-bond donors (Lipinski definition) is 2. The van der Waals surface area contributed by atoms with E-state index in [9.17, 15) is 12.8 Å². The number of aromatic amines is 1. The molecule has 1 fully saturated rings. The number of anilines is 1. The van der Waals surface area contributed by atoms with Crippen molar-refractivity contribution in [2.75, 3.05) is 11.3 Å². The number of H-pyrrole nitrogens is 1. The molecule has 0 bridgehead atoms. The lowest BCUT2D eigenvalue weighted by Crippen LogP contribution is -2.13. The van der Waals surface area contributed by atoms with Gasteiger partial charge in [-0.05, 0) is 49.2 Å². The first-order chi connectivity index (χ1) is 12.4. The number of aromatic nitrogens is 2. The molecule has 0 amide bonds. The number of hydrogen-bond acceptors (Lipinski definition) is 4. The molecule has 1 saturated heterocycles. The lowest BCUT2D eigenvalue weighted by Gasteiger charge is -2.08. The van der Waals surface area contributed by atoms with E-state index >= 15 is 0 Å². The maximum atomic E-state index is 13.3. The van der Waals surface area contributed by atoms with Gasteiger partial charge in [-0.1, -0.05) is 11.6 Å². The van der Waals surface area contributed by atoms with Crippen molar-refractivity contribution >= 4 is 38.3 Å². The number of halogens is 2. The first-order valence-corrected chi connectivity index (χ1v) is 9.88. The van der Waals surface area contributed by atoms with Gasteiger partial charge in [0.25, 0.3) is 10.0 Å². The molecule has 1 aromatic heterocycles. The standard InChI is InChI=1S/C17H15ClFN3O3S/c18-12-9-11(4-5-13(12)19)26(23,24)22-10-3-6-14-15(8-10)21-17(20-14)16-2-1-7-25-16/h3-6,8-9,16,22H,1-2,7H2,(H,20,21). The maximum Gasteiger partial charge on any atom is 0.261 e. The van der Waals surface area contributed by atoms with Gasteiger partial charge in [-0.25, -0.2) is 17.8 Å². The van der Waals surface area contributed by atoms with Gasteiger partial charge in [-0.15, -0.1) is 0 Å². The number of nitrogens with zero attached hydrogens (tertiary/aromatic N) is 1. The lowest BCUT2D eigenvalue weighted by atomic mass is 10.2. The molecule has 0 aliphatic carbocycles. The highest BCUT2D eigenvalue weighted by atomic mass is 35.5. The van der Waals surface area contributed by atoms with Crippen molar-refractivity contribution in [1.82, 2.24) is 9.97 Å². The summed E-state index contributed by atoms with van der Waals surface area (Å²) in [5.74, 6) is 0.0639. The number of rotatable bonds is 4. The van der Waals surface area contributed by atoms with Crippen LogP contribution in [0.5, 0.6) is 0 Å². The highest BCUT2D eigenvalue weighted by Crippen LogP contribution is 2.29. The van der Waals surface area contributed by atoms with Crippen molar-refractivity contribution in [3.8, 4) is 0 Å². The third-order valence-electron chi connectivity index (χ3n) is 4.19. The number of sulfonamides is 1. The molecule has 136 valence electrons. The summed E-state index contributed by atoms with van der Waals surface area (Å²) in [5.41, 5.74) is 1.79. The Morgan fingerprint density at radius 3 is 2.85 bits per heavy atom. The summed E-state index contributed by atoms with van der Waals surface area (Å²) in [6.07, 6.45) is 1.85. The van der Waals surface area contributed by atoms with Crippen molar-refractivity contribution in [3.63, 3.8) is 0 Å². The highest BCUT2D eigenvalue weighted by molar-refractivity contribution is 7.92. The fourth-order valence-electron chi connectivity index (χ4n) is 2.90. The molecule has 6 nitrogen and oxygen atoms in total. The van der Waals surface area contributed by atoms with E-state index in [4.69, 9.17) is 16.3 Å². The van der Waals surface area contributed by atoms with E-state index in [0.717, 1.165) is 42.4 Å². The summed E-state index contributed by atoms with van der Waals surface area (Å²) >= 11 is 5.67. The third-order valence-corrected chi connectivity index (χ3v) is 5.86. The molecule has 1 aliphatic heterocycles. The van der Waals surface area contributed by atoms with Gasteiger partial charge in [0.15, 0.2) is 0 Å². The SMILES string of the molecule is O=S(=O)(Nc1ccc2nc(C3CCCO3)[nH]c2c1)c1ccc(F)c(Cl)c1. The molecule has 2 aromatic carbocycles. The fraction of sp³-hybridized carbons (Fsp3) is 0.235. The van der Waals surface area contributed by atoms with Crippen molar-refractivity contribution in [1.29, 1.82) is 0 Å². The Labute approximate surface area is 154 Å². The van der Waals surface area contributed by atoms with Crippen LogP contribution in [-0.2, 0) is 14.8 Å². The van der Waals surface area contributed by atoms with Gasteiger partial charge in [0, 0.05) is 6.61 Å². The van der Waals surface area contributed by atoms with Crippen LogP contribution in [0, 0.1) is 5.82 Å². The van der Waals surface area contributed by atoms with E-state index in [1.807, 2.05) is 0 Å². The Hall–Kier alpha value is -2.16. The van der Waals surface area contributed by atoms with Crippen LogP contribution in [0.4, 0.5) is 10.1 Å². The van der Waals surface area contributed by atoms with Gasteiger partial charge in [0.1, 0.15) is 17.7 Å². The van der Waals surface area contributed by atoms with E-state index < -0.39 is 15.8 Å². The Kier molecular flexibility index (Phi) is 4.34. The predicted molar refractivity (Wildman–Crippen MR) is 96.2 cm³/mol. The van der Waals surface area contributed by atoms with Gasteiger partial charge in [-0.3, -0.25) is 4.72 Å². The van der Waals surface area contributed by atoms with Gasteiger partial charge in [-0.2, -0.15) is 0 Å². The van der Waals surface area contributed by atoms with Gasteiger partial charge in [0.2, 0.25) is 0 Å². The van der Waals surface area contributed by atoms with Crippen LogP contribution in [0.1, 0.15) is 24.8 Å². The monoisotopic (exact) mass is 395 g/mol. The topological polar surface area (TPSA) is 84.1 Å². The molecular weight excluding hydrogens is 381 g/mol. The minimum atomic E-state index is -3.89. The highest BCUT2D eigenvalue weighted by Gasteiger charge is 2.21. The summed E-state index contributed by atoms with van der Waals surface area (Å²) in [5, 5.41) is -0.252. The van der Waals surface area contributed by atoms with Crippen LogP contribution < -0.4 is 4.72 Å². The zero-order valence-electron chi connectivity index (χ0n) is 13.5. The fourth-order valence-corrected chi connectivity index (χ4v) is 4.22. The largest absolute Gasteiger partial charge is 0.370 e. The Morgan fingerprint density at radius 1 is 1.27 bits per heavy atom. The number of ether oxygens (including phenoxy) is 1. The van der Waals surface area contributed by atoms with Crippen molar-refractivity contribution in [2.24, 2.45) is 0 Å². The van der Waals surface area contributed by atoms with Crippen LogP contribution in [0.25, 0.3) is 11.0 Å². The van der Waals surface area contributed by atoms with Crippen LogP contribution in [0.15, 0.2) is 41.3 Å². The summed E-state index contributed by atoms with van der Waals surface area (Å²) in [6, 6.07) is 8.24. The Bertz CT molecular complexity index is 1080. The average molecular weight is 396 g/mol. The molecule has 0 radical (unpaired) electrons. The maximum absolute atomic E-state index is 13.3. The van der Waals surface area contributed by atoms with Crippen molar-refractivity contribution in [3.05, 3.63) is 53.1 Å². The first kappa shape index (κ1) is 17.3. The Balaban J connectivity index is 1.62. The van der Waals surface area contributed by atoms with Gasteiger partial charge in [0.05, 0.1) is 26.6 Å². The van der Waals surface area contributed by atoms with Crippen molar-refractivity contribution in [2.45, 2.75) is 23.8 Å². The minimum Gasteiger partial charge on any atom is -0.370 e. The smallest absolute Gasteiger partial charge is 0.261 e. The van der Waals surface area contributed by atoms with E-state index in [0.29, 0.717) is 17.8 Å². The van der Waals surface area contributed by atoms with Crippen LogP contribution in [0.2, 0.25) is 5.02 Å². The molecule has 9 heteroatoms. The third kappa shape index (κ3) is 3.27. The van der Waals surface area contributed by atoms with E-state index in [-0.39, 0.29) is 16.0 Å². The molecule has 2 heterocycles. The first-order valence-electron chi connectivity index (χ1n) is 8.01. The molecule has 1 unspecified atom stereocenters. The summed E-state index contributed by atoms with van der Waals surface area (Å²) in [4.78, 5) is 7.56. The molecule has 0 saturated carbocycles. The molecule has 2 N–H and O–H groups in total. The van der Waals surface area contributed by atoms with Gasteiger partial charge >= 0.3 is 0 Å². The second-order valence-corrected chi connectivity index (χ2v) is 8.13. The molecule has 3 aromatic rings. The molecule has 0 spiro atoms. The molecule has 1 aliphatic rings. The number of fused-ring (bicyclic) bond motifs is 1. The zero-order chi connectivity index (χ0) is 18.3. The quantitative estimate of drug-likeness (QED) is 0.699. The second-order valence-electron chi connectivity index (χ2n) is 6.04. The zero-order valence-corrected chi connectivity index (χ0v) is 15.1. The summed E-state index contributed by atoms with van der Waals surface area (Å²) in [6.45, 7) is 0.715. The normalized spacial score (nSPS) is 17.7. The molecular formula is C17H15ClFN3O3S. The van der Waals surface area contributed by atoms with E-state index in [1.165, 1.54) is 0 Å². The van der Waals surface area contributed by atoms with E-state index in [1.54, 1.807) is 18.2 Å². The van der Waals surface area contributed by atoms with E-state index in [2.05, 4.69) is 14.7 Å². The van der Waals surface area contributed by atoms with Crippen LogP contribution in [-0.4, -0.2) is 25.0 Å². The Morgan fingerprint density at radius 2 is 2.12 bits per heavy atom. The van der Waals surface area contributed by atoms with Crippen LogP contribution >= 0.6 is 11.6 Å². The molecule has 1 atom stereocenters. The summed E-state index contributed by atoms with van der Waals surface area (Å²) in [7, 11) is -3.89. The average Bonchev–Trinajstić information content (AvgIpc) is 3.25. The van der Waals surface area contributed by atoms with Crippen molar-refractivity contribution < 1.29 is 17.5 Å². The molecule has 4 rings (SSSR count). The molecule has 26 heavy (non-hydrogen) atoms. The predicted octanol–water partition coefficient (Wildman–Crippen LogP) is 4.01. The second kappa shape index (κ2) is 6.53. The number of benzene rings is 2. The van der Waals surface area contributed by atoms with Gasteiger partial charge < -0.3 is 9.72 Å². The minimum absolute atomic E-state index is 0.0519. The summed E-state index contributed by atoms with van der Waals surface area (Å²) < 4.78 is 46.3.